The topological polar surface area (TPSA) is 60.9 Å². The molecule has 4 nitrogen and oxygen atoms in total. The molecule has 0 aliphatic rings. The van der Waals surface area contributed by atoms with E-state index in [4.69, 9.17) is 17.3 Å². The molecule has 0 spiro atoms. The third-order valence-electron chi connectivity index (χ3n) is 2.52. The molecule has 0 aromatic carbocycles. The zero-order chi connectivity index (χ0) is 12.0. The van der Waals surface area contributed by atoms with Gasteiger partial charge in [-0.25, -0.2) is 0 Å². The average Bonchev–Trinajstić information content (AvgIpc) is 2.58. The van der Waals surface area contributed by atoms with Crippen molar-refractivity contribution in [2.24, 2.45) is 12.8 Å². The quantitative estimate of drug-likeness (QED) is 0.590. The van der Waals surface area contributed by atoms with E-state index in [1.54, 1.807) is 7.05 Å². The molecule has 1 aromatic heterocycles. The Bertz CT molecular complexity index is 329. The molecule has 2 N–H and O–H groups in total. The fourth-order valence-corrected chi connectivity index (χ4v) is 1.90. The molecule has 5 heteroatoms. The van der Waals surface area contributed by atoms with Crippen LogP contribution in [0.3, 0.4) is 0 Å². The van der Waals surface area contributed by atoms with Crippen LogP contribution in [0.2, 0.25) is 5.02 Å². The van der Waals surface area contributed by atoms with E-state index in [0.717, 1.165) is 32.2 Å². The van der Waals surface area contributed by atoms with Crippen LogP contribution in [0.25, 0.3) is 0 Å². The second-order valence-corrected chi connectivity index (χ2v) is 4.25. The van der Waals surface area contributed by atoms with Gasteiger partial charge in [0.15, 0.2) is 5.78 Å². The van der Waals surface area contributed by atoms with Crippen molar-refractivity contribution in [2.75, 3.05) is 6.54 Å². The van der Waals surface area contributed by atoms with E-state index in [-0.39, 0.29) is 5.78 Å². The van der Waals surface area contributed by atoms with Crippen molar-refractivity contribution in [2.45, 2.75) is 32.1 Å². The fourth-order valence-electron chi connectivity index (χ4n) is 1.63. The summed E-state index contributed by atoms with van der Waals surface area (Å²) in [6, 6.07) is 0. The second kappa shape index (κ2) is 6.66. The first-order chi connectivity index (χ1) is 7.66. The minimum atomic E-state index is 0.0674. The van der Waals surface area contributed by atoms with Crippen molar-refractivity contribution in [3.8, 4) is 0 Å². The van der Waals surface area contributed by atoms with Crippen molar-refractivity contribution < 1.29 is 4.79 Å². The number of nitrogens with zero attached hydrogens (tertiary/aromatic N) is 2. The maximum atomic E-state index is 11.8. The van der Waals surface area contributed by atoms with Crippen LogP contribution in [-0.2, 0) is 7.05 Å². The molecule has 1 rings (SSSR count). The van der Waals surface area contributed by atoms with Gasteiger partial charge >= 0.3 is 0 Å². The Morgan fingerprint density at radius 2 is 2.12 bits per heavy atom. The highest BCUT2D eigenvalue weighted by molar-refractivity contribution is 6.33. The summed E-state index contributed by atoms with van der Waals surface area (Å²) in [6.45, 7) is 0.724. The molecule has 16 heavy (non-hydrogen) atoms. The Balaban J connectivity index is 2.36. The van der Waals surface area contributed by atoms with Crippen LogP contribution in [0.15, 0.2) is 6.20 Å². The minimum Gasteiger partial charge on any atom is -0.330 e. The summed E-state index contributed by atoms with van der Waals surface area (Å²) in [7, 11) is 1.73. The van der Waals surface area contributed by atoms with Gasteiger partial charge in [-0.1, -0.05) is 24.4 Å². The fraction of sp³-hybridized carbons (Fsp3) is 0.636. The molecule has 0 saturated heterocycles. The highest BCUT2D eigenvalue weighted by Gasteiger charge is 2.14. The SMILES string of the molecule is Cn1ncc(Cl)c1C(=O)CCCCCCN. The monoisotopic (exact) mass is 243 g/mol. The third-order valence-corrected chi connectivity index (χ3v) is 2.79. The van der Waals surface area contributed by atoms with Crippen LogP contribution in [0.1, 0.15) is 42.6 Å². The number of hydrogen-bond donors (Lipinski definition) is 1. The van der Waals surface area contributed by atoms with Gasteiger partial charge in [0, 0.05) is 13.5 Å². The molecule has 1 aromatic rings. The summed E-state index contributed by atoms with van der Waals surface area (Å²) in [6.07, 6.45) is 6.08. The van der Waals surface area contributed by atoms with Gasteiger partial charge in [-0.2, -0.15) is 5.10 Å². The van der Waals surface area contributed by atoms with E-state index in [1.165, 1.54) is 10.9 Å². The Kier molecular flexibility index (Phi) is 5.49. The molecule has 0 fully saturated rings. The number of hydrogen-bond acceptors (Lipinski definition) is 3. The number of aromatic nitrogens is 2. The second-order valence-electron chi connectivity index (χ2n) is 3.84. The number of Topliss-reactive ketones (excluding diaryl/α,β-unsaturated/α-hetero) is 1. The van der Waals surface area contributed by atoms with Gasteiger partial charge < -0.3 is 5.73 Å². The molecule has 0 atom stereocenters. The summed E-state index contributed by atoms with van der Waals surface area (Å²) in [5.74, 6) is 0.0674. The van der Waals surface area contributed by atoms with Crippen molar-refractivity contribution >= 4 is 17.4 Å². The third kappa shape index (κ3) is 3.61. The number of halogens is 1. The first-order valence-electron chi connectivity index (χ1n) is 5.57. The van der Waals surface area contributed by atoms with E-state index in [2.05, 4.69) is 5.10 Å². The van der Waals surface area contributed by atoms with Gasteiger partial charge in [0.25, 0.3) is 0 Å². The predicted octanol–water partition coefficient (Wildman–Crippen LogP) is 2.17. The molecule has 0 aliphatic carbocycles. The molecular formula is C11H18ClN3O. The number of rotatable bonds is 7. The summed E-state index contributed by atoms with van der Waals surface area (Å²) >= 11 is 5.88. The zero-order valence-corrected chi connectivity index (χ0v) is 10.3. The largest absolute Gasteiger partial charge is 0.330 e. The van der Waals surface area contributed by atoms with Crippen LogP contribution < -0.4 is 5.73 Å². The van der Waals surface area contributed by atoms with Gasteiger partial charge in [-0.15, -0.1) is 0 Å². The lowest BCUT2D eigenvalue weighted by atomic mass is 10.1. The van der Waals surface area contributed by atoms with Crippen molar-refractivity contribution in [1.29, 1.82) is 0 Å². The molecule has 0 radical (unpaired) electrons. The van der Waals surface area contributed by atoms with E-state index < -0.39 is 0 Å². The van der Waals surface area contributed by atoms with Gasteiger partial charge in [-0.3, -0.25) is 9.48 Å². The highest BCUT2D eigenvalue weighted by Crippen LogP contribution is 2.17. The molecule has 0 aliphatic heterocycles. The Morgan fingerprint density at radius 3 is 2.69 bits per heavy atom. The van der Waals surface area contributed by atoms with Crippen LogP contribution in [0.5, 0.6) is 0 Å². The van der Waals surface area contributed by atoms with Crippen LogP contribution in [-0.4, -0.2) is 22.1 Å². The minimum absolute atomic E-state index is 0.0674. The number of aryl methyl sites for hydroxylation is 1. The average molecular weight is 244 g/mol. The maximum absolute atomic E-state index is 11.8. The lowest BCUT2D eigenvalue weighted by Crippen LogP contribution is -2.07. The molecule has 0 saturated carbocycles. The number of carbonyl (C=O) groups excluding carboxylic acids is 1. The standard InChI is InChI=1S/C11H18ClN3O/c1-15-11(9(12)8-14-15)10(16)6-4-2-3-5-7-13/h8H,2-7,13H2,1H3. The van der Waals surface area contributed by atoms with Gasteiger partial charge in [0.2, 0.25) is 0 Å². The zero-order valence-electron chi connectivity index (χ0n) is 9.58. The van der Waals surface area contributed by atoms with Crippen LogP contribution >= 0.6 is 11.6 Å². The lowest BCUT2D eigenvalue weighted by Gasteiger charge is -2.02. The van der Waals surface area contributed by atoms with Gasteiger partial charge in [0.1, 0.15) is 5.69 Å². The lowest BCUT2D eigenvalue weighted by molar-refractivity contribution is 0.0970. The van der Waals surface area contributed by atoms with Crippen molar-refractivity contribution in [3.63, 3.8) is 0 Å². The summed E-state index contributed by atoms with van der Waals surface area (Å²) < 4.78 is 1.53. The summed E-state index contributed by atoms with van der Waals surface area (Å²) in [5.41, 5.74) is 5.91. The molecule has 1 heterocycles. The normalized spacial score (nSPS) is 10.7. The van der Waals surface area contributed by atoms with Gasteiger partial charge in [-0.05, 0) is 19.4 Å². The Morgan fingerprint density at radius 1 is 1.44 bits per heavy atom. The maximum Gasteiger partial charge on any atom is 0.182 e. The van der Waals surface area contributed by atoms with E-state index >= 15 is 0 Å². The van der Waals surface area contributed by atoms with E-state index in [0.29, 0.717) is 17.1 Å². The van der Waals surface area contributed by atoms with E-state index in [1.807, 2.05) is 0 Å². The number of carbonyl (C=O) groups is 1. The van der Waals surface area contributed by atoms with E-state index in [9.17, 15) is 4.79 Å². The number of unbranched alkanes of at least 4 members (excludes halogenated alkanes) is 3. The summed E-state index contributed by atoms with van der Waals surface area (Å²) in [5, 5.41) is 4.38. The van der Waals surface area contributed by atoms with Gasteiger partial charge in [0.05, 0.1) is 11.2 Å². The summed E-state index contributed by atoms with van der Waals surface area (Å²) in [4.78, 5) is 11.8. The van der Waals surface area contributed by atoms with Crippen molar-refractivity contribution in [3.05, 3.63) is 16.9 Å². The molecular weight excluding hydrogens is 226 g/mol. The smallest absolute Gasteiger partial charge is 0.182 e. The van der Waals surface area contributed by atoms with Crippen LogP contribution in [0, 0.1) is 0 Å². The number of nitrogens with two attached hydrogens (primary N) is 1. The molecule has 0 unspecified atom stereocenters. The molecule has 0 bridgehead atoms. The molecule has 0 amide bonds. The Hall–Kier alpha value is -0.870. The number of ketones is 1. The van der Waals surface area contributed by atoms with Crippen LogP contribution in [0.4, 0.5) is 0 Å². The first kappa shape index (κ1) is 13.2. The molecule has 90 valence electrons. The highest BCUT2D eigenvalue weighted by atomic mass is 35.5. The van der Waals surface area contributed by atoms with Crippen molar-refractivity contribution in [1.82, 2.24) is 9.78 Å². The Labute approximate surface area is 101 Å². The predicted molar refractivity (Wildman–Crippen MR) is 64.7 cm³/mol. The first-order valence-corrected chi connectivity index (χ1v) is 5.95.